The maximum Gasteiger partial charge on any atom is 0.417 e. The van der Waals surface area contributed by atoms with E-state index in [2.05, 4.69) is 4.74 Å². The van der Waals surface area contributed by atoms with Gasteiger partial charge < -0.3 is 4.74 Å². The van der Waals surface area contributed by atoms with Gasteiger partial charge in [0.25, 0.3) is 0 Å². The Hall–Kier alpha value is -1.69. The zero-order chi connectivity index (χ0) is 14.9. The smallest absolute Gasteiger partial charge is 0.417 e. The van der Waals surface area contributed by atoms with Crippen LogP contribution in [0, 0.1) is 0 Å². The van der Waals surface area contributed by atoms with Gasteiger partial charge in [0.05, 0.1) is 18.2 Å². The second-order valence-corrected chi connectivity index (χ2v) is 6.17. The summed E-state index contributed by atoms with van der Waals surface area (Å²) in [7, 11) is 0.0230. The highest BCUT2D eigenvalue weighted by molar-refractivity contribution is 8.22. The summed E-state index contributed by atoms with van der Waals surface area (Å²) in [6, 6.07) is 3.59. The third-order valence-electron chi connectivity index (χ3n) is 2.84. The molecule has 0 radical (unpaired) electrons. The van der Waals surface area contributed by atoms with Crippen LogP contribution in [0.3, 0.4) is 0 Å². The first kappa shape index (κ1) is 14.7. The number of hydrogen-bond donors (Lipinski definition) is 1. The number of thiol groups is 1. The van der Waals surface area contributed by atoms with Crippen LogP contribution in [0.15, 0.2) is 45.6 Å². The van der Waals surface area contributed by atoms with E-state index >= 15 is 0 Å². The second-order valence-electron chi connectivity index (χ2n) is 4.32. The van der Waals surface area contributed by atoms with Crippen LogP contribution >= 0.6 is 10.9 Å². The SMILES string of the molecule is COC(=O)c1ccc([SH]2C=CC(C)=C2)c(C(F)(F)F)c1. The molecule has 1 unspecified atom stereocenters. The van der Waals surface area contributed by atoms with Crippen LogP contribution in [0.5, 0.6) is 0 Å². The Morgan fingerprint density at radius 1 is 1.30 bits per heavy atom. The molecule has 20 heavy (non-hydrogen) atoms. The minimum Gasteiger partial charge on any atom is -0.465 e. The summed E-state index contributed by atoms with van der Waals surface area (Å²) in [6.45, 7) is 1.84. The molecule has 2 rings (SSSR count). The maximum absolute atomic E-state index is 13.2. The number of carbonyl (C=O) groups excluding carboxylic acids is 1. The Kier molecular flexibility index (Phi) is 3.94. The van der Waals surface area contributed by atoms with Gasteiger partial charge in [-0.1, -0.05) is 6.08 Å². The Balaban J connectivity index is 2.52. The summed E-state index contributed by atoms with van der Waals surface area (Å²) in [5.74, 6) is -0.775. The van der Waals surface area contributed by atoms with Gasteiger partial charge in [-0.2, -0.15) is 24.1 Å². The van der Waals surface area contributed by atoms with Gasteiger partial charge in [-0.25, -0.2) is 4.79 Å². The van der Waals surface area contributed by atoms with E-state index < -0.39 is 28.6 Å². The van der Waals surface area contributed by atoms with E-state index in [1.165, 1.54) is 12.1 Å². The van der Waals surface area contributed by atoms with Crippen LogP contribution in [-0.4, -0.2) is 13.1 Å². The molecule has 1 aliphatic rings. The van der Waals surface area contributed by atoms with E-state index in [0.717, 1.165) is 18.7 Å². The number of allylic oxidation sites excluding steroid dienone is 2. The van der Waals surface area contributed by atoms with Gasteiger partial charge >= 0.3 is 12.1 Å². The Bertz CT molecular complexity index is 603. The number of halogens is 3. The van der Waals surface area contributed by atoms with Crippen LogP contribution in [0.25, 0.3) is 0 Å². The van der Waals surface area contributed by atoms with E-state index in [0.29, 0.717) is 0 Å². The Morgan fingerprint density at radius 2 is 2.00 bits per heavy atom. The Labute approximate surface area is 117 Å². The van der Waals surface area contributed by atoms with E-state index in [9.17, 15) is 18.0 Å². The number of methoxy groups -OCH3 is 1. The first-order valence-corrected chi connectivity index (χ1v) is 7.25. The van der Waals surface area contributed by atoms with Crippen molar-refractivity contribution in [3.05, 3.63) is 51.8 Å². The largest absolute Gasteiger partial charge is 0.465 e. The van der Waals surface area contributed by atoms with Crippen molar-refractivity contribution in [2.75, 3.05) is 7.11 Å². The van der Waals surface area contributed by atoms with E-state index in [4.69, 9.17) is 0 Å². The van der Waals surface area contributed by atoms with E-state index in [1.807, 2.05) is 12.3 Å². The van der Waals surface area contributed by atoms with Crippen molar-refractivity contribution in [3.63, 3.8) is 0 Å². The molecular formula is C14H13F3O2S. The predicted octanol–water partition coefficient (Wildman–Crippen LogP) is 4.28. The van der Waals surface area contributed by atoms with Gasteiger partial charge in [-0.05, 0) is 41.5 Å². The molecule has 1 atom stereocenters. The third kappa shape index (κ3) is 2.90. The molecule has 1 aromatic carbocycles. The molecule has 0 fully saturated rings. The molecule has 1 aromatic rings. The van der Waals surface area contributed by atoms with Gasteiger partial charge in [-0.3, -0.25) is 0 Å². The molecule has 6 heteroatoms. The van der Waals surface area contributed by atoms with Crippen molar-refractivity contribution in [1.29, 1.82) is 0 Å². The van der Waals surface area contributed by atoms with Crippen molar-refractivity contribution in [3.8, 4) is 0 Å². The first-order valence-electron chi connectivity index (χ1n) is 5.77. The van der Waals surface area contributed by atoms with Gasteiger partial charge in [0.2, 0.25) is 0 Å². The zero-order valence-corrected chi connectivity index (χ0v) is 11.8. The lowest BCUT2D eigenvalue weighted by molar-refractivity contribution is -0.139. The van der Waals surface area contributed by atoms with Gasteiger partial charge in [0.15, 0.2) is 0 Å². The number of esters is 1. The zero-order valence-electron chi connectivity index (χ0n) is 10.9. The summed E-state index contributed by atoms with van der Waals surface area (Å²) in [6.07, 6.45) is -2.69. The lowest BCUT2D eigenvalue weighted by atomic mass is 10.1. The fourth-order valence-electron chi connectivity index (χ4n) is 1.89. The van der Waals surface area contributed by atoms with Crippen molar-refractivity contribution in [2.24, 2.45) is 0 Å². The number of hydrogen-bond acceptors (Lipinski definition) is 2. The van der Waals surface area contributed by atoms with Crippen LogP contribution in [-0.2, 0) is 10.9 Å². The molecule has 1 aliphatic heterocycles. The average molecular weight is 302 g/mol. The summed E-state index contributed by atoms with van der Waals surface area (Å²) < 4.78 is 43.9. The van der Waals surface area contributed by atoms with Gasteiger partial charge in [0, 0.05) is 4.90 Å². The molecule has 108 valence electrons. The molecule has 2 nitrogen and oxygen atoms in total. The lowest BCUT2D eigenvalue weighted by Gasteiger charge is -2.18. The molecule has 0 spiro atoms. The fraction of sp³-hybridized carbons (Fsp3) is 0.214. The molecule has 0 saturated carbocycles. The van der Waals surface area contributed by atoms with E-state index in [1.54, 1.807) is 11.5 Å². The molecule has 0 N–H and O–H groups in total. The summed E-state index contributed by atoms with van der Waals surface area (Å²) >= 11 is 0. The first-order chi connectivity index (χ1) is 9.32. The van der Waals surface area contributed by atoms with Crippen LogP contribution < -0.4 is 0 Å². The summed E-state index contributed by atoms with van der Waals surface area (Å²) in [5.41, 5.74) is 0.0749. The fourth-order valence-corrected chi connectivity index (χ4v) is 3.91. The predicted molar refractivity (Wildman–Crippen MR) is 72.9 cm³/mol. The van der Waals surface area contributed by atoms with Gasteiger partial charge in [-0.15, -0.1) is 0 Å². The highest BCUT2D eigenvalue weighted by Gasteiger charge is 2.35. The number of alkyl halides is 3. The number of rotatable bonds is 2. The summed E-state index contributed by atoms with van der Waals surface area (Å²) in [5, 5.41) is 3.59. The molecule has 0 aromatic heterocycles. The average Bonchev–Trinajstić information content (AvgIpc) is 2.82. The monoisotopic (exact) mass is 302 g/mol. The highest BCUT2D eigenvalue weighted by Crippen LogP contribution is 2.49. The van der Waals surface area contributed by atoms with Gasteiger partial charge in [0.1, 0.15) is 0 Å². The highest BCUT2D eigenvalue weighted by atomic mass is 32.2. The standard InChI is InChI=1S/C14H13F3O2S/c1-9-5-6-20(8-9)12-4-3-10(13(18)19-2)7-11(12)14(15,16)17/h3-8,20H,1-2H3. The Morgan fingerprint density at radius 3 is 2.50 bits per heavy atom. The molecule has 0 saturated heterocycles. The molecule has 0 aliphatic carbocycles. The normalized spacial score (nSPS) is 19.9. The molecular weight excluding hydrogens is 289 g/mol. The van der Waals surface area contributed by atoms with Crippen molar-refractivity contribution >= 4 is 16.9 Å². The summed E-state index contributed by atoms with van der Waals surface area (Å²) in [4.78, 5) is 11.6. The molecule has 0 amide bonds. The molecule has 1 heterocycles. The molecule has 0 bridgehead atoms. The van der Waals surface area contributed by atoms with E-state index in [-0.39, 0.29) is 10.5 Å². The second kappa shape index (κ2) is 5.36. The van der Waals surface area contributed by atoms with Crippen LogP contribution in [0.4, 0.5) is 13.2 Å². The van der Waals surface area contributed by atoms with Crippen molar-refractivity contribution in [2.45, 2.75) is 18.0 Å². The number of ether oxygens (including phenoxy) is 1. The number of carbonyl (C=O) groups is 1. The number of benzene rings is 1. The maximum atomic E-state index is 13.2. The van der Waals surface area contributed by atoms with Crippen LogP contribution in [0.2, 0.25) is 0 Å². The topological polar surface area (TPSA) is 26.3 Å². The van der Waals surface area contributed by atoms with Crippen molar-refractivity contribution < 1.29 is 22.7 Å². The lowest BCUT2D eigenvalue weighted by Crippen LogP contribution is -2.10. The van der Waals surface area contributed by atoms with Crippen LogP contribution in [0.1, 0.15) is 22.8 Å². The quantitative estimate of drug-likeness (QED) is 0.652. The minimum absolute atomic E-state index is 0.0950. The van der Waals surface area contributed by atoms with Crippen molar-refractivity contribution in [1.82, 2.24) is 0 Å². The minimum atomic E-state index is -4.50. The third-order valence-corrected chi connectivity index (χ3v) is 4.94.